The maximum Gasteiger partial charge on any atom is 0.0371 e. The minimum absolute atomic E-state index is 0.872. The summed E-state index contributed by atoms with van der Waals surface area (Å²) in [5, 5.41) is 0. The van der Waals surface area contributed by atoms with Gasteiger partial charge in [0.15, 0.2) is 0 Å². The molecular weight excluding hydrogens is 246 g/mol. The van der Waals surface area contributed by atoms with E-state index in [1.165, 1.54) is 11.4 Å². The van der Waals surface area contributed by atoms with E-state index in [-0.39, 0.29) is 0 Å². The van der Waals surface area contributed by atoms with Gasteiger partial charge in [0.05, 0.1) is 0 Å². The van der Waals surface area contributed by atoms with Crippen LogP contribution in [0.5, 0.6) is 0 Å². The number of benzene rings is 2. The lowest BCUT2D eigenvalue weighted by atomic mass is 10.1. The summed E-state index contributed by atoms with van der Waals surface area (Å²) in [5.41, 5.74) is 10.5. The van der Waals surface area contributed by atoms with E-state index >= 15 is 0 Å². The molecule has 3 heteroatoms. The van der Waals surface area contributed by atoms with Gasteiger partial charge in [-0.25, -0.2) is 0 Å². The minimum Gasteiger partial charge on any atom is -0.399 e. The smallest absolute Gasteiger partial charge is 0.0371 e. The quantitative estimate of drug-likeness (QED) is 0.849. The van der Waals surface area contributed by atoms with E-state index < -0.39 is 0 Å². The Labute approximate surface area is 120 Å². The lowest BCUT2D eigenvalue weighted by molar-refractivity contribution is 0.653. The molecule has 104 valence electrons. The Balaban J connectivity index is 1.68. The first-order valence-electron chi connectivity index (χ1n) is 7.15. The first kappa shape index (κ1) is 12.9. The summed E-state index contributed by atoms with van der Waals surface area (Å²) in [4.78, 5) is 4.88. The van der Waals surface area contributed by atoms with Crippen molar-refractivity contribution >= 4 is 17.1 Å². The van der Waals surface area contributed by atoms with Crippen LogP contribution in [0.4, 0.5) is 17.1 Å². The summed E-state index contributed by atoms with van der Waals surface area (Å²) in [6, 6.07) is 17.0. The average molecular weight is 267 g/mol. The Morgan fingerprint density at radius 1 is 0.800 bits per heavy atom. The molecule has 0 atom stereocenters. The molecule has 0 amide bonds. The molecule has 0 aromatic heterocycles. The predicted molar refractivity (Wildman–Crippen MR) is 86.5 cm³/mol. The highest BCUT2D eigenvalue weighted by atomic mass is 15.3. The van der Waals surface area contributed by atoms with Crippen molar-refractivity contribution in [1.82, 2.24) is 0 Å². The van der Waals surface area contributed by atoms with Crippen molar-refractivity contribution in [2.24, 2.45) is 0 Å². The third-order valence-corrected chi connectivity index (χ3v) is 4.02. The molecule has 0 radical (unpaired) electrons. The van der Waals surface area contributed by atoms with Gasteiger partial charge >= 0.3 is 0 Å². The highest BCUT2D eigenvalue weighted by molar-refractivity contribution is 5.59. The number of rotatable bonds is 2. The normalized spacial score (nSPS) is 15.4. The molecule has 20 heavy (non-hydrogen) atoms. The lowest BCUT2D eigenvalue weighted by Gasteiger charge is -2.37. The second kappa shape index (κ2) is 5.45. The number of nitrogens with two attached hydrogens (primary N) is 1. The maximum absolute atomic E-state index is 5.89. The van der Waals surface area contributed by atoms with Crippen molar-refractivity contribution in [3.8, 4) is 0 Å². The lowest BCUT2D eigenvalue weighted by Crippen LogP contribution is -2.46. The molecule has 2 aromatic carbocycles. The van der Waals surface area contributed by atoms with Crippen LogP contribution in [0.3, 0.4) is 0 Å². The Bertz CT molecular complexity index is 572. The van der Waals surface area contributed by atoms with Crippen LogP contribution in [-0.2, 0) is 0 Å². The Morgan fingerprint density at radius 2 is 1.40 bits per heavy atom. The van der Waals surface area contributed by atoms with E-state index in [2.05, 4.69) is 59.2 Å². The molecule has 3 nitrogen and oxygen atoms in total. The first-order valence-corrected chi connectivity index (χ1v) is 7.15. The van der Waals surface area contributed by atoms with E-state index in [0.29, 0.717) is 0 Å². The molecule has 0 spiro atoms. The predicted octanol–water partition coefficient (Wildman–Crippen LogP) is 2.90. The Morgan fingerprint density at radius 3 is 2.00 bits per heavy atom. The van der Waals surface area contributed by atoms with Crippen LogP contribution in [0.1, 0.15) is 5.56 Å². The van der Waals surface area contributed by atoms with Crippen LogP contribution in [0.15, 0.2) is 48.5 Å². The third kappa shape index (κ3) is 2.57. The molecule has 1 heterocycles. The van der Waals surface area contributed by atoms with Crippen LogP contribution in [0.25, 0.3) is 0 Å². The second-order valence-electron chi connectivity index (χ2n) is 5.35. The molecule has 2 aromatic rings. The summed E-state index contributed by atoms with van der Waals surface area (Å²) < 4.78 is 0. The van der Waals surface area contributed by atoms with Crippen molar-refractivity contribution in [3.05, 3.63) is 54.1 Å². The average Bonchev–Trinajstić information content (AvgIpc) is 2.51. The number of piperazine rings is 1. The van der Waals surface area contributed by atoms with Gasteiger partial charge in [0.2, 0.25) is 0 Å². The zero-order chi connectivity index (χ0) is 13.9. The minimum atomic E-state index is 0.872. The number of aryl methyl sites for hydroxylation is 1. The van der Waals surface area contributed by atoms with Crippen molar-refractivity contribution in [1.29, 1.82) is 0 Å². The van der Waals surface area contributed by atoms with Gasteiger partial charge in [-0.3, -0.25) is 0 Å². The monoisotopic (exact) mass is 267 g/mol. The molecule has 3 rings (SSSR count). The SMILES string of the molecule is Cc1cc(N2CCN(c3ccccc3)CC2)ccc1N. The Kier molecular flexibility index (Phi) is 3.50. The molecular formula is C17H21N3. The van der Waals surface area contributed by atoms with Gasteiger partial charge in [0, 0.05) is 43.2 Å². The molecule has 1 fully saturated rings. The van der Waals surface area contributed by atoms with Gasteiger partial charge < -0.3 is 15.5 Å². The van der Waals surface area contributed by atoms with Gasteiger partial charge in [0.25, 0.3) is 0 Å². The summed E-state index contributed by atoms with van der Waals surface area (Å²) in [5.74, 6) is 0. The maximum atomic E-state index is 5.89. The van der Waals surface area contributed by atoms with Crippen LogP contribution >= 0.6 is 0 Å². The van der Waals surface area contributed by atoms with Gasteiger partial charge in [-0.05, 0) is 42.8 Å². The second-order valence-corrected chi connectivity index (χ2v) is 5.35. The summed E-state index contributed by atoms with van der Waals surface area (Å²) in [6.45, 7) is 6.30. The number of hydrogen-bond acceptors (Lipinski definition) is 3. The van der Waals surface area contributed by atoms with Crippen molar-refractivity contribution in [3.63, 3.8) is 0 Å². The summed E-state index contributed by atoms with van der Waals surface area (Å²) >= 11 is 0. The Hall–Kier alpha value is -2.16. The molecule has 1 saturated heterocycles. The standard InChI is InChI=1S/C17H21N3/c1-14-13-16(7-8-17(14)18)20-11-9-19(10-12-20)15-5-3-2-4-6-15/h2-8,13H,9-12,18H2,1H3. The zero-order valence-corrected chi connectivity index (χ0v) is 11.9. The van der Waals surface area contributed by atoms with Crippen LogP contribution < -0.4 is 15.5 Å². The van der Waals surface area contributed by atoms with E-state index in [1.807, 2.05) is 6.07 Å². The fourth-order valence-electron chi connectivity index (χ4n) is 2.72. The highest BCUT2D eigenvalue weighted by Crippen LogP contribution is 2.23. The van der Waals surface area contributed by atoms with Gasteiger partial charge in [-0.15, -0.1) is 0 Å². The highest BCUT2D eigenvalue weighted by Gasteiger charge is 2.17. The molecule has 0 bridgehead atoms. The number of anilines is 3. The van der Waals surface area contributed by atoms with Crippen molar-refractivity contribution < 1.29 is 0 Å². The van der Waals surface area contributed by atoms with E-state index in [1.54, 1.807) is 0 Å². The molecule has 1 aliphatic heterocycles. The molecule has 0 aliphatic carbocycles. The molecule has 0 saturated carbocycles. The van der Waals surface area contributed by atoms with Crippen molar-refractivity contribution in [2.45, 2.75) is 6.92 Å². The van der Waals surface area contributed by atoms with Crippen LogP contribution in [0, 0.1) is 6.92 Å². The van der Waals surface area contributed by atoms with Gasteiger partial charge in [0.1, 0.15) is 0 Å². The fourth-order valence-corrected chi connectivity index (χ4v) is 2.72. The first-order chi connectivity index (χ1) is 9.74. The molecule has 0 unspecified atom stereocenters. The van der Waals surface area contributed by atoms with Crippen LogP contribution in [0.2, 0.25) is 0 Å². The number of hydrogen-bond donors (Lipinski definition) is 1. The van der Waals surface area contributed by atoms with Gasteiger partial charge in [-0.2, -0.15) is 0 Å². The summed E-state index contributed by atoms with van der Waals surface area (Å²) in [7, 11) is 0. The summed E-state index contributed by atoms with van der Waals surface area (Å²) in [6.07, 6.45) is 0. The molecule has 2 N–H and O–H groups in total. The number of nitrogen functional groups attached to an aromatic ring is 1. The van der Waals surface area contributed by atoms with E-state index in [4.69, 9.17) is 5.73 Å². The molecule has 1 aliphatic rings. The fraction of sp³-hybridized carbons (Fsp3) is 0.294. The van der Waals surface area contributed by atoms with E-state index in [9.17, 15) is 0 Å². The van der Waals surface area contributed by atoms with Crippen molar-refractivity contribution in [2.75, 3.05) is 41.7 Å². The topological polar surface area (TPSA) is 32.5 Å². The zero-order valence-electron chi connectivity index (χ0n) is 11.9. The van der Waals surface area contributed by atoms with Gasteiger partial charge in [-0.1, -0.05) is 18.2 Å². The van der Waals surface area contributed by atoms with Crippen LogP contribution in [-0.4, -0.2) is 26.2 Å². The third-order valence-electron chi connectivity index (χ3n) is 4.02. The number of nitrogens with zero attached hydrogens (tertiary/aromatic N) is 2. The largest absolute Gasteiger partial charge is 0.399 e. The van der Waals surface area contributed by atoms with E-state index in [0.717, 1.165) is 37.4 Å². The number of para-hydroxylation sites is 1.